The largest absolute Gasteiger partial charge is 0.395 e. The molecule has 1 fully saturated rings. The number of fused-ring (bicyclic) bond motifs is 1. The lowest BCUT2D eigenvalue weighted by Crippen LogP contribution is -2.40. The number of piperidine rings is 1. The Kier molecular flexibility index (Phi) is 8.93. The summed E-state index contributed by atoms with van der Waals surface area (Å²) in [6.07, 6.45) is 5.12. The van der Waals surface area contributed by atoms with Crippen LogP contribution in [0.3, 0.4) is 0 Å². The summed E-state index contributed by atoms with van der Waals surface area (Å²) < 4.78 is 0. The number of aliphatic hydroxyl groups is 2. The standard InChI is InChI=1S/C29H36N4O5/c1-20(7-5-11-26(35)33(15-16-34)19-21-8-3-2-4-9-21)29(38)24-17-23(12-13-25(24)32-28(29)37)31-27(36)22-10-6-14-30-18-22/h2-5,7-9,12-13,17,20,22,30,34,38H,6,10-11,14-16,18-19H2,1H3,(H,31,36)(H,32,37)/b7-5+/t20-,22?,29+/m1/s1. The number of hydrogen-bond donors (Lipinski definition) is 5. The molecule has 9 heteroatoms. The molecular formula is C29H36N4O5. The molecule has 38 heavy (non-hydrogen) atoms. The number of carbonyl (C=O) groups is 3. The molecule has 9 nitrogen and oxygen atoms in total. The van der Waals surface area contributed by atoms with Gasteiger partial charge in [-0.3, -0.25) is 14.4 Å². The van der Waals surface area contributed by atoms with Gasteiger partial charge in [-0.2, -0.15) is 0 Å². The summed E-state index contributed by atoms with van der Waals surface area (Å²) >= 11 is 0. The fourth-order valence-electron chi connectivity index (χ4n) is 5.02. The van der Waals surface area contributed by atoms with E-state index in [0.29, 0.717) is 30.0 Å². The average molecular weight is 521 g/mol. The van der Waals surface area contributed by atoms with Crippen LogP contribution in [0.25, 0.3) is 0 Å². The summed E-state index contributed by atoms with van der Waals surface area (Å²) in [7, 11) is 0. The van der Waals surface area contributed by atoms with E-state index in [1.54, 1.807) is 42.2 Å². The smallest absolute Gasteiger partial charge is 0.261 e. The molecule has 202 valence electrons. The summed E-state index contributed by atoms with van der Waals surface area (Å²) in [6.45, 7) is 3.70. The summed E-state index contributed by atoms with van der Waals surface area (Å²) in [5, 5.41) is 29.8. The van der Waals surface area contributed by atoms with Gasteiger partial charge in [0.1, 0.15) is 0 Å². The summed E-state index contributed by atoms with van der Waals surface area (Å²) in [6, 6.07) is 14.6. The molecule has 3 atom stereocenters. The van der Waals surface area contributed by atoms with Crippen LogP contribution in [-0.2, 0) is 26.5 Å². The minimum atomic E-state index is -1.85. The molecule has 2 aliphatic rings. The van der Waals surface area contributed by atoms with Gasteiger partial charge in [0.05, 0.1) is 12.5 Å². The first-order chi connectivity index (χ1) is 18.3. The van der Waals surface area contributed by atoms with Crippen LogP contribution in [0.4, 0.5) is 11.4 Å². The maximum atomic E-state index is 12.9. The number of hydrogen-bond acceptors (Lipinski definition) is 6. The van der Waals surface area contributed by atoms with Crippen molar-refractivity contribution in [1.29, 1.82) is 0 Å². The van der Waals surface area contributed by atoms with Gasteiger partial charge in [0.2, 0.25) is 11.8 Å². The van der Waals surface area contributed by atoms with Crippen molar-refractivity contribution in [2.45, 2.75) is 38.3 Å². The maximum Gasteiger partial charge on any atom is 0.261 e. The van der Waals surface area contributed by atoms with Gasteiger partial charge in [-0.15, -0.1) is 0 Å². The fourth-order valence-corrected chi connectivity index (χ4v) is 5.02. The molecule has 0 radical (unpaired) electrons. The Morgan fingerprint density at radius 3 is 2.74 bits per heavy atom. The highest BCUT2D eigenvalue weighted by molar-refractivity contribution is 6.06. The molecule has 2 aromatic carbocycles. The van der Waals surface area contributed by atoms with Crippen LogP contribution in [0.15, 0.2) is 60.7 Å². The third-order valence-electron chi connectivity index (χ3n) is 7.27. The van der Waals surface area contributed by atoms with Crippen molar-refractivity contribution in [3.05, 3.63) is 71.8 Å². The fraction of sp³-hybridized carbons (Fsp3) is 0.414. The molecule has 0 saturated carbocycles. The van der Waals surface area contributed by atoms with Gasteiger partial charge in [0, 0.05) is 48.9 Å². The van der Waals surface area contributed by atoms with E-state index in [-0.39, 0.29) is 37.3 Å². The predicted octanol–water partition coefficient (Wildman–Crippen LogP) is 2.37. The first-order valence-corrected chi connectivity index (χ1v) is 13.1. The lowest BCUT2D eigenvalue weighted by Gasteiger charge is -2.27. The van der Waals surface area contributed by atoms with Crippen molar-refractivity contribution in [2.24, 2.45) is 11.8 Å². The zero-order valence-corrected chi connectivity index (χ0v) is 21.7. The highest BCUT2D eigenvalue weighted by atomic mass is 16.3. The van der Waals surface area contributed by atoms with Crippen molar-refractivity contribution in [1.82, 2.24) is 10.2 Å². The van der Waals surface area contributed by atoms with Crippen molar-refractivity contribution < 1.29 is 24.6 Å². The highest BCUT2D eigenvalue weighted by Crippen LogP contribution is 2.43. The third-order valence-corrected chi connectivity index (χ3v) is 7.27. The van der Waals surface area contributed by atoms with E-state index in [1.807, 2.05) is 30.3 Å². The van der Waals surface area contributed by atoms with Crippen molar-refractivity contribution in [3.63, 3.8) is 0 Å². The van der Waals surface area contributed by atoms with Gasteiger partial charge >= 0.3 is 0 Å². The molecule has 1 unspecified atom stereocenters. The van der Waals surface area contributed by atoms with Gasteiger partial charge in [-0.05, 0) is 43.1 Å². The Balaban J connectivity index is 1.43. The van der Waals surface area contributed by atoms with Crippen LogP contribution in [-0.4, -0.2) is 59.1 Å². The van der Waals surface area contributed by atoms with Gasteiger partial charge in [0.25, 0.3) is 5.91 Å². The third kappa shape index (κ3) is 6.12. The first kappa shape index (κ1) is 27.5. The first-order valence-electron chi connectivity index (χ1n) is 13.1. The van der Waals surface area contributed by atoms with Crippen LogP contribution >= 0.6 is 0 Å². The molecule has 0 bridgehead atoms. The van der Waals surface area contributed by atoms with Crippen LogP contribution in [0.5, 0.6) is 0 Å². The number of anilines is 2. The minimum Gasteiger partial charge on any atom is -0.395 e. The van der Waals surface area contributed by atoms with E-state index >= 15 is 0 Å². The van der Waals surface area contributed by atoms with E-state index in [0.717, 1.165) is 24.9 Å². The van der Waals surface area contributed by atoms with Crippen LogP contribution in [0.1, 0.15) is 37.3 Å². The van der Waals surface area contributed by atoms with E-state index in [4.69, 9.17) is 0 Å². The number of rotatable bonds is 10. The number of benzene rings is 2. The number of nitrogens with zero attached hydrogens (tertiary/aromatic N) is 1. The second-order valence-corrected chi connectivity index (χ2v) is 9.96. The molecule has 4 rings (SSSR count). The number of nitrogens with one attached hydrogen (secondary N) is 3. The number of amides is 3. The predicted molar refractivity (Wildman–Crippen MR) is 145 cm³/mol. The SMILES string of the molecule is C[C@H](/C=C/CC(=O)N(CCO)Cc1ccccc1)[C@@]1(O)C(=O)Nc2ccc(NC(=O)C3CCCNC3)cc21. The van der Waals surface area contributed by atoms with E-state index in [1.165, 1.54) is 0 Å². The van der Waals surface area contributed by atoms with Crippen LogP contribution < -0.4 is 16.0 Å². The summed E-state index contributed by atoms with van der Waals surface area (Å²) in [5.74, 6) is -1.58. The molecule has 0 aromatic heterocycles. The number of carbonyl (C=O) groups excluding carboxylic acids is 3. The van der Waals surface area contributed by atoms with Crippen molar-refractivity contribution in [2.75, 3.05) is 36.9 Å². The molecule has 3 amide bonds. The second-order valence-electron chi connectivity index (χ2n) is 9.96. The van der Waals surface area contributed by atoms with E-state index < -0.39 is 17.4 Å². The van der Waals surface area contributed by atoms with Gasteiger partial charge in [-0.1, -0.05) is 49.4 Å². The Hall–Kier alpha value is -3.53. The Labute approximate surface area is 222 Å². The summed E-state index contributed by atoms with van der Waals surface area (Å²) in [5.41, 5.74) is 0.500. The zero-order valence-electron chi connectivity index (χ0n) is 21.7. The average Bonchev–Trinajstić information content (AvgIpc) is 3.19. The molecule has 2 aromatic rings. The number of aliphatic hydroxyl groups excluding tert-OH is 1. The Morgan fingerprint density at radius 2 is 2.03 bits per heavy atom. The molecule has 2 aliphatic heterocycles. The summed E-state index contributed by atoms with van der Waals surface area (Å²) in [4.78, 5) is 40.0. The second kappa shape index (κ2) is 12.3. The van der Waals surface area contributed by atoms with Gasteiger partial charge < -0.3 is 31.1 Å². The molecule has 0 aliphatic carbocycles. The minimum absolute atomic E-state index is 0.0627. The molecule has 2 heterocycles. The maximum absolute atomic E-state index is 12.9. The lowest BCUT2D eigenvalue weighted by atomic mass is 9.82. The van der Waals surface area contributed by atoms with Crippen LogP contribution in [0, 0.1) is 11.8 Å². The topological polar surface area (TPSA) is 131 Å². The van der Waals surface area contributed by atoms with Gasteiger partial charge in [0.15, 0.2) is 5.60 Å². The van der Waals surface area contributed by atoms with Crippen molar-refractivity contribution >= 4 is 29.1 Å². The molecular weight excluding hydrogens is 484 g/mol. The zero-order chi connectivity index (χ0) is 27.1. The normalized spacial score (nSPS) is 21.6. The van der Waals surface area contributed by atoms with E-state index in [2.05, 4.69) is 16.0 Å². The molecule has 5 N–H and O–H groups in total. The molecule has 1 saturated heterocycles. The lowest BCUT2D eigenvalue weighted by molar-refractivity contribution is -0.137. The molecule has 0 spiro atoms. The highest BCUT2D eigenvalue weighted by Gasteiger charge is 2.48. The Morgan fingerprint density at radius 1 is 1.24 bits per heavy atom. The van der Waals surface area contributed by atoms with Crippen LogP contribution in [0.2, 0.25) is 0 Å². The quantitative estimate of drug-likeness (QED) is 0.306. The Bertz CT molecular complexity index is 1180. The van der Waals surface area contributed by atoms with E-state index in [9.17, 15) is 24.6 Å². The monoisotopic (exact) mass is 520 g/mol. The van der Waals surface area contributed by atoms with Gasteiger partial charge in [-0.25, -0.2) is 0 Å². The van der Waals surface area contributed by atoms with Crippen molar-refractivity contribution in [3.8, 4) is 0 Å².